The molecule has 96 valence electrons. The maximum absolute atomic E-state index is 10.8. The molecule has 17 heavy (non-hydrogen) atoms. The predicted octanol–water partition coefficient (Wildman–Crippen LogP) is 2.67. The molecule has 1 aliphatic heterocycles. The Morgan fingerprint density at radius 3 is 2.71 bits per heavy atom. The van der Waals surface area contributed by atoms with E-state index in [-0.39, 0.29) is 5.92 Å². The molecule has 2 rings (SSSR count). The van der Waals surface area contributed by atoms with Crippen molar-refractivity contribution in [3.8, 4) is 0 Å². The first-order chi connectivity index (χ1) is 8.25. The highest BCUT2D eigenvalue weighted by molar-refractivity contribution is 5.70. The van der Waals surface area contributed by atoms with Gasteiger partial charge in [-0.05, 0) is 58.0 Å². The normalized spacial score (nSPS) is 23.4. The number of piperidine rings is 1. The van der Waals surface area contributed by atoms with Gasteiger partial charge in [0.2, 0.25) is 0 Å². The maximum Gasteiger partial charge on any atom is 0.306 e. The Bertz CT molecular complexity index is 291. The standard InChI is InChI=1S/C14H23NO2/c16-14(17)13-7-10-15(11-8-13)9-6-12-4-2-1-3-5-12/h4,13H,1-3,5-11H2,(H,16,17). The number of carboxylic acids is 1. The van der Waals surface area contributed by atoms with Gasteiger partial charge >= 0.3 is 5.97 Å². The van der Waals surface area contributed by atoms with E-state index in [0.29, 0.717) is 0 Å². The summed E-state index contributed by atoms with van der Waals surface area (Å²) in [5.74, 6) is -0.709. The maximum atomic E-state index is 10.8. The van der Waals surface area contributed by atoms with Crippen LogP contribution in [0.2, 0.25) is 0 Å². The fourth-order valence-electron chi connectivity index (χ4n) is 2.84. The topological polar surface area (TPSA) is 40.5 Å². The molecule has 1 aliphatic carbocycles. The highest BCUT2D eigenvalue weighted by atomic mass is 16.4. The zero-order chi connectivity index (χ0) is 12.1. The summed E-state index contributed by atoms with van der Waals surface area (Å²) < 4.78 is 0. The van der Waals surface area contributed by atoms with Crippen molar-refractivity contribution in [2.24, 2.45) is 5.92 Å². The quantitative estimate of drug-likeness (QED) is 0.764. The molecule has 0 aromatic carbocycles. The van der Waals surface area contributed by atoms with E-state index in [1.54, 1.807) is 5.57 Å². The molecule has 0 aromatic rings. The number of aliphatic carboxylic acids is 1. The molecule has 0 aromatic heterocycles. The molecular formula is C14H23NO2. The lowest BCUT2D eigenvalue weighted by molar-refractivity contribution is -0.143. The molecule has 0 spiro atoms. The number of allylic oxidation sites excluding steroid dienone is 1. The van der Waals surface area contributed by atoms with Gasteiger partial charge in [0.1, 0.15) is 0 Å². The van der Waals surface area contributed by atoms with Gasteiger partial charge in [-0.25, -0.2) is 0 Å². The highest BCUT2D eigenvalue weighted by Gasteiger charge is 2.24. The van der Waals surface area contributed by atoms with Gasteiger partial charge in [-0.2, -0.15) is 0 Å². The first kappa shape index (κ1) is 12.6. The van der Waals surface area contributed by atoms with E-state index in [1.165, 1.54) is 32.1 Å². The minimum Gasteiger partial charge on any atom is -0.481 e. The molecule has 0 atom stereocenters. The lowest BCUT2D eigenvalue weighted by atomic mass is 9.95. The summed E-state index contributed by atoms with van der Waals surface area (Å²) >= 11 is 0. The minimum absolute atomic E-state index is 0.0971. The third kappa shape index (κ3) is 3.84. The molecule has 0 radical (unpaired) electrons. The third-order valence-corrected chi connectivity index (χ3v) is 4.07. The average Bonchev–Trinajstić information content (AvgIpc) is 2.38. The summed E-state index contributed by atoms with van der Waals surface area (Å²) in [5.41, 5.74) is 1.62. The van der Waals surface area contributed by atoms with Gasteiger partial charge in [0.15, 0.2) is 0 Å². The minimum atomic E-state index is -0.611. The van der Waals surface area contributed by atoms with Crippen LogP contribution in [0.4, 0.5) is 0 Å². The number of rotatable bonds is 4. The smallest absolute Gasteiger partial charge is 0.306 e. The molecule has 3 heteroatoms. The fraction of sp³-hybridized carbons (Fsp3) is 0.786. The van der Waals surface area contributed by atoms with Gasteiger partial charge in [0, 0.05) is 6.54 Å². The number of nitrogens with zero attached hydrogens (tertiary/aromatic N) is 1. The van der Waals surface area contributed by atoms with E-state index < -0.39 is 5.97 Å². The molecule has 1 N–H and O–H groups in total. The van der Waals surface area contributed by atoms with Crippen molar-refractivity contribution in [3.05, 3.63) is 11.6 Å². The Balaban J connectivity index is 1.67. The van der Waals surface area contributed by atoms with Crippen molar-refractivity contribution in [2.45, 2.75) is 44.9 Å². The molecule has 0 bridgehead atoms. The monoisotopic (exact) mass is 237 g/mol. The van der Waals surface area contributed by atoms with Gasteiger partial charge in [-0.3, -0.25) is 4.79 Å². The third-order valence-electron chi connectivity index (χ3n) is 4.07. The van der Waals surface area contributed by atoms with Crippen LogP contribution in [0.3, 0.4) is 0 Å². The van der Waals surface area contributed by atoms with Crippen molar-refractivity contribution in [1.82, 2.24) is 4.90 Å². The summed E-state index contributed by atoms with van der Waals surface area (Å²) in [5, 5.41) is 8.93. The van der Waals surface area contributed by atoms with Gasteiger partial charge in [-0.1, -0.05) is 11.6 Å². The summed E-state index contributed by atoms with van der Waals surface area (Å²) in [7, 11) is 0. The predicted molar refractivity (Wildman–Crippen MR) is 68.0 cm³/mol. The number of carbonyl (C=O) groups is 1. The van der Waals surface area contributed by atoms with E-state index in [2.05, 4.69) is 11.0 Å². The van der Waals surface area contributed by atoms with Gasteiger partial charge in [0.25, 0.3) is 0 Å². The van der Waals surface area contributed by atoms with Crippen LogP contribution < -0.4 is 0 Å². The molecule has 0 amide bonds. The Labute approximate surface area is 103 Å². The van der Waals surface area contributed by atoms with Crippen LogP contribution in [-0.2, 0) is 4.79 Å². The number of hydrogen-bond acceptors (Lipinski definition) is 2. The second kappa shape index (κ2) is 6.20. The molecule has 1 heterocycles. The average molecular weight is 237 g/mol. The van der Waals surface area contributed by atoms with Crippen molar-refractivity contribution in [1.29, 1.82) is 0 Å². The van der Waals surface area contributed by atoms with Crippen molar-refractivity contribution >= 4 is 5.97 Å². The van der Waals surface area contributed by atoms with Gasteiger partial charge < -0.3 is 10.0 Å². The SMILES string of the molecule is O=C(O)C1CCN(CCC2=CCCCC2)CC1. The summed E-state index contributed by atoms with van der Waals surface area (Å²) in [6, 6.07) is 0. The van der Waals surface area contributed by atoms with Gasteiger partial charge in [-0.15, -0.1) is 0 Å². The summed E-state index contributed by atoms with van der Waals surface area (Å²) in [6.45, 7) is 3.05. The van der Waals surface area contributed by atoms with E-state index in [0.717, 1.165) is 32.5 Å². The molecule has 3 nitrogen and oxygen atoms in total. The lowest BCUT2D eigenvalue weighted by Crippen LogP contribution is -2.36. The van der Waals surface area contributed by atoms with Crippen molar-refractivity contribution in [2.75, 3.05) is 19.6 Å². The fourth-order valence-corrected chi connectivity index (χ4v) is 2.84. The molecule has 0 saturated carbocycles. The first-order valence-corrected chi connectivity index (χ1v) is 6.89. The molecular weight excluding hydrogens is 214 g/mol. The summed E-state index contributed by atoms with van der Waals surface area (Å²) in [4.78, 5) is 13.3. The first-order valence-electron chi connectivity index (χ1n) is 6.89. The van der Waals surface area contributed by atoms with Crippen LogP contribution in [-0.4, -0.2) is 35.6 Å². The number of hydrogen-bond donors (Lipinski definition) is 1. The summed E-state index contributed by atoms with van der Waals surface area (Å²) in [6.07, 6.45) is 10.5. The van der Waals surface area contributed by atoms with Crippen molar-refractivity contribution < 1.29 is 9.90 Å². The Hall–Kier alpha value is -0.830. The van der Waals surface area contributed by atoms with E-state index in [9.17, 15) is 4.79 Å². The Morgan fingerprint density at radius 1 is 1.35 bits per heavy atom. The second-order valence-electron chi connectivity index (χ2n) is 5.31. The van der Waals surface area contributed by atoms with E-state index in [4.69, 9.17) is 5.11 Å². The van der Waals surface area contributed by atoms with Crippen molar-refractivity contribution in [3.63, 3.8) is 0 Å². The molecule has 1 fully saturated rings. The highest BCUT2D eigenvalue weighted by Crippen LogP contribution is 2.22. The van der Waals surface area contributed by atoms with E-state index >= 15 is 0 Å². The van der Waals surface area contributed by atoms with Gasteiger partial charge in [0.05, 0.1) is 5.92 Å². The van der Waals surface area contributed by atoms with Crippen LogP contribution in [0.15, 0.2) is 11.6 Å². The van der Waals surface area contributed by atoms with Crippen LogP contribution in [0.25, 0.3) is 0 Å². The number of carboxylic acid groups (broad SMARTS) is 1. The van der Waals surface area contributed by atoms with Crippen LogP contribution >= 0.6 is 0 Å². The van der Waals surface area contributed by atoms with Crippen LogP contribution in [0.1, 0.15) is 44.9 Å². The van der Waals surface area contributed by atoms with Crippen LogP contribution in [0, 0.1) is 5.92 Å². The molecule has 0 unspecified atom stereocenters. The largest absolute Gasteiger partial charge is 0.481 e. The van der Waals surface area contributed by atoms with E-state index in [1.807, 2.05) is 0 Å². The molecule has 2 aliphatic rings. The Kier molecular flexibility index (Phi) is 4.60. The zero-order valence-corrected chi connectivity index (χ0v) is 10.5. The lowest BCUT2D eigenvalue weighted by Gasteiger charge is -2.30. The number of likely N-dealkylation sites (tertiary alicyclic amines) is 1. The second-order valence-corrected chi connectivity index (χ2v) is 5.31. The Morgan fingerprint density at radius 2 is 2.12 bits per heavy atom. The zero-order valence-electron chi connectivity index (χ0n) is 10.5. The molecule has 1 saturated heterocycles. The van der Waals surface area contributed by atoms with Crippen LogP contribution in [0.5, 0.6) is 0 Å².